The summed E-state index contributed by atoms with van der Waals surface area (Å²) in [7, 11) is 0. The molecule has 1 amide bonds. The van der Waals surface area contributed by atoms with Crippen LogP contribution < -0.4 is 11.1 Å². The molecule has 0 saturated heterocycles. The number of carbonyl (C=O) groups excluding carboxylic acids is 1. The first kappa shape index (κ1) is 19.9. The number of carbonyl (C=O) groups is 1. The van der Waals surface area contributed by atoms with Crippen LogP contribution in [0.15, 0.2) is 30.3 Å². The van der Waals surface area contributed by atoms with Crippen molar-refractivity contribution in [1.82, 2.24) is 5.32 Å². The predicted molar refractivity (Wildman–Crippen MR) is 91.8 cm³/mol. The van der Waals surface area contributed by atoms with Crippen LogP contribution in [0.25, 0.3) is 0 Å². The van der Waals surface area contributed by atoms with E-state index in [4.69, 9.17) is 5.73 Å². The molecule has 0 saturated carbocycles. The number of hydrogen-bond acceptors (Lipinski definition) is 2. The van der Waals surface area contributed by atoms with Crippen molar-refractivity contribution >= 4 is 18.3 Å². The summed E-state index contributed by atoms with van der Waals surface area (Å²) in [5, 5.41) is 3.08. The Bertz CT molecular complexity index is 403. The molecule has 1 aromatic rings. The van der Waals surface area contributed by atoms with Gasteiger partial charge in [0.1, 0.15) is 0 Å². The van der Waals surface area contributed by atoms with Crippen LogP contribution in [-0.4, -0.2) is 18.5 Å². The molecule has 0 spiro atoms. The van der Waals surface area contributed by atoms with Gasteiger partial charge in [0.25, 0.3) is 0 Å². The van der Waals surface area contributed by atoms with Gasteiger partial charge in [0.05, 0.1) is 0 Å². The van der Waals surface area contributed by atoms with E-state index >= 15 is 0 Å². The van der Waals surface area contributed by atoms with Crippen molar-refractivity contribution in [1.29, 1.82) is 0 Å². The molecule has 0 aromatic heterocycles. The highest BCUT2D eigenvalue weighted by molar-refractivity contribution is 5.85. The summed E-state index contributed by atoms with van der Waals surface area (Å²) >= 11 is 0. The standard InChI is InChI=1S/C17H28N2O.ClH/c1-4-17(5-2,15-9-7-6-8-10-15)13-19-16(20)12-11-14(3)18;/h6-10,14H,4-5,11-13,18H2,1-3H3,(H,19,20);1H. The Hall–Kier alpha value is -1.06. The summed E-state index contributed by atoms with van der Waals surface area (Å²) in [6.45, 7) is 7.00. The lowest BCUT2D eigenvalue weighted by molar-refractivity contribution is -0.121. The van der Waals surface area contributed by atoms with Gasteiger partial charge in [0.2, 0.25) is 5.91 Å². The van der Waals surface area contributed by atoms with E-state index in [1.807, 2.05) is 13.0 Å². The van der Waals surface area contributed by atoms with Crippen molar-refractivity contribution in [3.05, 3.63) is 35.9 Å². The molecule has 1 unspecified atom stereocenters. The Morgan fingerprint density at radius 1 is 1.24 bits per heavy atom. The van der Waals surface area contributed by atoms with E-state index in [-0.39, 0.29) is 29.8 Å². The predicted octanol–water partition coefficient (Wildman–Crippen LogP) is 3.41. The van der Waals surface area contributed by atoms with Gasteiger partial charge in [-0.15, -0.1) is 12.4 Å². The Balaban J connectivity index is 0.00000400. The van der Waals surface area contributed by atoms with E-state index < -0.39 is 0 Å². The van der Waals surface area contributed by atoms with Crippen LogP contribution in [0.1, 0.15) is 52.0 Å². The molecule has 1 atom stereocenters. The summed E-state index contributed by atoms with van der Waals surface area (Å²) in [4.78, 5) is 11.9. The zero-order valence-electron chi connectivity index (χ0n) is 13.4. The number of nitrogens with one attached hydrogen (secondary N) is 1. The van der Waals surface area contributed by atoms with Crippen molar-refractivity contribution in [3.63, 3.8) is 0 Å². The molecule has 21 heavy (non-hydrogen) atoms. The molecule has 0 aliphatic rings. The maximum absolute atomic E-state index is 11.9. The summed E-state index contributed by atoms with van der Waals surface area (Å²) in [5.41, 5.74) is 7.02. The van der Waals surface area contributed by atoms with Crippen molar-refractivity contribution in [2.24, 2.45) is 5.73 Å². The number of hydrogen-bond donors (Lipinski definition) is 2. The first-order valence-electron chi connectivity index (χ1n) is 7.62. The van der Waals surface area contributed by atoms with E-state index in [0.29, 0.717) is 13.0 Å². The second-order valence-electron chi connectivity index (χ2n) is 5.65. The molecule has 1 aromatic carbocycles. The van der Waals surface area contributed by atoms with Crippen LogP contribution in [0.2, 0.25) is 0 Å². The molecule has 0 bridgehead atoms. The van der Waals surface area contributed by atoms with Gasteiger partial charge in [-0.05, 0) is 31.7 Å². The van der Waals surface area contributed by atoms with Gasteiger partial charge in [0.15, 0.2) is 0 Å². The highest BCUT2D eigenvalue weighted by Crippen LogP contribution is 2.30. The monoisotopic (exact) mass is 312 g/mol. The average Bonchev–Trinajstić information content (AvgIpc) is 2.48. The van der Waals surface area contributed by atoms with Crippen LogP contribution >= 0.6 is 12.4 Å². The van der Waals surface area contributed by atoms with E-state index in [1.165, 1.54) is 5.56 Å². The van der Waals surface area contributed by atoms with Crippen LogP contribution in [0.4, 0.5) is 0 Å². The highest BCUT2D eigenvalue weighted by atomic mass is 35.5. The van der Waals surface area contributed by atoms with Crippen molar-refractivity contribution in [2.75, 3.05) is 6.54 Å². The molecule has 3 nitrogen and oxygen atoms in total. The SMILES string of the molecule is CCC(CC)(CNC(=O)CCC(C)N)c1ccccc1.Cl. The first-order valence-corrected chi connectivity index (χ1v) is 7.62. The average molecular weight is 313 g/mol. The topological polar surface area (TPSA) is 55.1 Å². The molecule has 4 heteroatoms. The van der Waals surface area contributed by atoms with Crippen LogP contribution in [0, 0.1) is 0 Å². The van der Waals surface area contributed by atoms with Gasteiger partial charge in [-0.25, -0.2) is 0 Å². The van der Waals surface area contributed by atoms with Gasteiger partial charge in [0, 0.05) is 24.4 Å². The molecule has 3 N–H and O–H groups in total. The summed E-state index contributed by atoms with van der Waals surface area (Å²) in [6, 6.07) is 10.5. The molecule has 0 aliphatic carbocycles. The molecular weight excluding hydrogens is 284 g/mol. The Morgan fingerprint density at radius 2 is 1.81 bits per heavy atom. The van der Waals surface area contributed by atoms with Crippen LogP contribution in [0.3, 0.4) is 0 Å². The van der Waals surface area contributed by atoms with E-state index in [0.717, 1.165) is 19.3 Å². The molecule has 1 rings (SSSR count). The summed E-state index contributed by atoms with van der Waals surface area (Å²) in [6.07, 6.45) is 3.28. The van der Waals surface area contributed by atoms with Crippen LogP contribution in [-0.2, 0) is 10.2 Å². The Kier molecular flexibility index (Phi) is 9.31. The fourth-order valence-corrected chi connectivity index (χ4v) is 2.52. The second kappa shape index (κ2) is 9.80. The highest BCUT2D eigenvalue weighted by Gasteiger charge is 2.28. The molecule has 0 fully saturated rings. The van der Waals surface area contributed by atoms with Gasteiger partial charge in [-0.1, -0.05) is 44.2 Å². The summed E-state index contributed by atoms with van der Waals surface area (Å²) in [5.74, 6) is 0.101. The Labute approximate surface area is 135 Å². The number of halogens is 1. The third-order valence-corrected chi connectivity index (χ3v) is 4.19. The lowest BCUT2D eigenvalue weighted by Crippen LogP contribution is -2.40. The van der Waals surface area contributed by atoms with Crippen molar-refractivity contribution < 1.29 is 4.79 Å². The van der Waals surface area contributed by atoms with E-state index in [1.54, 1.807) is 0 Å². The maximum Gasteiger partial charge on any atom is 0.220 e. The maximum atomic E-state index is 11.9. The van der Waals surface area contributed by atoms with E-state index in [9.17, 15) is 4.79 Å². The van der Waals surface area contributed by atoms with Crippen molar-refractivity contribution in [3.8, 4) is 0 Å². The zero-order chi connectivity index (χ0) is 15.0. The van der Waals surface area contributed by atoms with Crippen molar-refractivity contribution in [2.45, 2.75) is 57.9 Å². The zero-order valence-corrected chi connectivity index (χ0v) is 14.2. The molecule has 0 aliphatic heterocycles. The lowest BCUT2D eigenvalue weighted by Gasteiger charge is -2.32. The number of benzene rings is 1. The minimum absolute atomic E-state index is 0. The fraction of sp³-hybridized carbons (Fsp3) is 0.588. The molecule has 0 radical (unpaired) electrons. The van der Waals surface area contributed by atoms with Crippen LogP contribution in [0.5, 0.6) is 0 Å². The van der Waals surface area contributed by atoms with Gasteiger partial charge < -0.3 is 11.1 Å². The smallest absolute Gasteiger partial charge is 0.220 e. The fourth-order valence-electron chi connectivity index (χ4n) is 2.52. The Morgan fingerprint density at radius 3 is 2.29 bits per heavy atom. The largest absolute Gasteiger partial charge is 0.355 e. The first-order chi connectivity index (χ1) is 9.54. The van der Waals surface area contributed by atoms with Gasteiger partial charge in [-0.3, -0.25) is 4.79 Å². The normalized spacial score (nSPS) is 12.4. The van der Waals surface area contributed by atoms with Gasteiger partial charge in [-0.2, -0.15) is 0 Å². The number of nitrogens with two attached hydrogens (primary N) is 1. The van der Waals surface area contributed by atoms with E-state index in [2.05, 4.69) is 43.4 Å². The lowest BCUT2D eigenvalue weighted by atomic mass is 9.76. The summed E-state index contributed by atoms with van der Waals surface area (Å²) < 4.78 is 0. The van der Waals surface area contributed by atoms with Gasteiger partial charge >= 0.3 is 0 Å². The third kappa shape index (κ3) is 6.06. The number of amides is 1. The minimum atomic E-state index is 0. The quantitative estimate of drug-likeness (QED) is 0.773. The molecule has 120 valence electrons. The minimum Gasteiger partial charge on any atom is -0.355 e. The number of rotatable bonds is 8. The molecular formula is C17H29ClN2O. The third-order valence-electron chi connectivity index (χ3n) is 4.19. The molecule has 0 heterocycles. The second-order valence-corrected chi connectivity index (χ2v) is 5.65.